The fourth-order valence-corrected chi connectivity index (χ4v) is 3.80. The lowest BCUT2D eigenvalue weighted by Gasteiger charge is -2.12. The highest BCUT2D eigenvalue weighted by Crippen LogP contribution is 2.38. The van der Waals surface area contributed by atoms with Crippen molar-refractivity contribution in [3.8, 4) is 11.1 Å². The molecule has 1 fully saturated rings. The number of nitrogen functional groups attached to an aromatic ring is 1. The van der Waals surface area contributed by atoms with Crippen molar-refractivity contribution in [1.29, 1.82) is 0 Å². The minimum absolute atomic E-state index is 0.266. The molecule has 5 nitrogen and oxygen atoms in total. The zero-order valence-corrected chi connectivity index (χ0v) is 15.5. The third-order valence-electron chi connectivity index (χ3n) is 4.03. The Balaban J connectivity index is 1.82. The molecule has 10 heteroatoms. The van der Waals surface area contributed by atoms with Crippen LogP contribution in [0.15, 0.2) is 46.0 Å². The maximum atomic E-state index is 13.2. The van der Waals surface area contributed by atoms with Crippen LogP contribution >= 0.6 is 24.0 Å². The number of hydrogen-bond acceptors (Lipinski definition) is 6. The van der Waals surface area contributed by atoms with Gasteiger partial charge in [-0.2, -0.15) is 13.2 Å². The number of pyridine rings is 1. The molecular weight excluding hydrogens is 411 g/mol. The van der Waals surface area contributed by atoms with Crippen LogP contribution in [0, 0.1) is 0 Å². The lowest BCUT2D eigenvalue weighted by molar-refractivity contribution is -0.136. The molecule has 1 aliphatic heterocycles. The first-order chi connectivity index (χ1) is 13.2. The molecule has 1 aromatic carbocycles. The summed E-state index contributed by atoms with van der Waals surface area (Å²) in [7, 11) is 0. The van der Waals surface area contributed by atoms with Crippen molar-refractivity contribution >= 4 is 56.9 Å². The monoisotopic (exact) mass is 421 g/mol. The fraction of sp³-hybridized carbons (Fsp3) is 0.0556. The molecule has 0 atom stereocenters. The zero-order chi connectivity index (χ0) is 20.1. The van der Waals surface area contributed by atoms with Gasteiger partial charge in [0.25, 0.3) is 5.91 Å². The first-order valence-electron chi connectivity index (χ1n) is 7.82. The number of thioether (sulfide) groups is 1. The lowest BCUT2D eigenvalue weighted by Crippen LogP contribution is -2.17. The summed E-state index contributed by atoms with van der Waals surface area (Å²) < 4.78 is 45.7. The second kappa shape index (κ2) is 6.64. The molecule has 3 heterocycles. The SMILES string of the molecule is Nc1ccc(-c2cncc3cc(/C=C4\SC(=S)NC4=O)oc23)cc1C(F)(F)F. The van der Waals surface area contributed by atoms with E-state index in [0.29, 0.717) is 31.5 Å². The Morgan fingerprint density at radius 3 is 2.71 bits per heavy atom. The number of nitrogens with one attached hydrogen (secondary N) is 1. The van der Waals surface area contributed by atoms with Crippen molar-refractivity contribution in [2.45, 2.75) is 6.18 Å². The summed E-state index contributed by atoms with van der Waals surface area (Å²) in [5.74, 6) is 0.0280. The van der Waals surface area contributed by atoms with Crippen LogP contribution in [0.5, 0.6) is 0 Å². The molecule has 0 bridgehead atoms. The molecule has 0 aliphatic carbocycles. The first-order valence-corrected chi connectivity index (χ1v) is 9.04. The number of amides is 1. The summed E-state index contributed by atoms with van der Waals surface area (Å²) >= 11 is 6.04. The van der Waals surface area contributed by atoms with Crippen LogP contribution in [0.25, 0.3) is 28.2 Å². The van der Waals surface area contributed by atoms with Gasteiger partial charge in [0.1, 0.15) is 15.7 Å². The smallest absolute Gasteiger partial charge is 0.418 e. The highest BCUT2D eigenvalue weighted by Gasteiger charge is 2.33. The van der Waals surface area contributed by atoms with Crippen LogP contribution < -0.4 is 11.1 Å². The van der Waals surface area contributed by atoms with Crippen LogP contribution in [0.4, 0.5) is 18.9 Å². The largest absolute Gasteiger partial charge is 0.456 e. The molecule has 1 amide bonds. The second-order valence-corrected chi connectivity index (χ2v) is 7.63. The van der Waals surface area contributed by atoms with Gasteiger partial charge in [-0.15, -0.1) is 0 Å². The Bertz CT molecular complexity index is 1170. The van der Waals surface area contributed by atoms with E-state index in [1.807, 2.05) is 0 Å². The predicted molar refractivity (Wildman–Crippen MR) is 105 cm³/mol. The molecule has 0 radical (unpaired) electrons. The third-order valence-corrected chi connectivity index (χ3v) is 5.19. The van der Waals surface area contributed by atoms with Gasteiger partial charge < -0.3 is 15.5 Å². The molecule has 4 rings (SSSR count). The summed E-state index contributed by atoms with van der Waals surface area (Å²) in [4.78, 5) is 16.2. The average molecular weight is 421 g/mol. The van der Waals surface area contributed by atoms with E-state index in [1.165, 1.54) is 30.6 Å². The Labute approximate surface area is 165 Å². The minimum atomic E-state index is -4.58. The third kappa shape index (κ3) is 3.36. The quantitative estimate of drug-likeness (QED) is 0.358. The Kier molecular flexibility index (Phi) is 4.39. The molecule has 2 aromatic heterocycles. The van der Waals surface area contributed by atoms with Gasteiger partial charge in [-0.05, 0) is 23.8 Å². The number of nitrogens with zero attached hydrogens (tertiary/aromatic N) is 1. The molecule has 142 valence electrons. The normalized spacial score (nSPS) is 16.2. The van der Waals surface area contributed by atoms with Crippen molar-refractivity contribution in [1.82, 2.24) is 10.3 Å². The van der Waals surface area contributed by atoms with Crippen molar-refractivity contribution in [3.63, 3.8) is 0 Å². The number of rotatable bonds is 2. The van der Waals surface area contributed by atoms with E-state index in [2.05, 4.69) is 10.3 Å². The number of furan rings is 1. The molecule has 3 N–H and O–H groups in total. The van der Waals surface area contributed by atoms with Crippen LogP contribution in [0.1, 0.15) is 11.3 Å². The Morgan fingerprint density at radius 1 is 1.25 bits per heavy atom. The number of hydrogen-bond donors (Lipinski definition) is 2. The van der Waals surface area contributed by atoms with Gasteiger partial charge in [0.15, 0.2) is 0 Å². The number of carbonyl (C=O) groups excluding carboxylic acids is 1. The van der Waals surface area contributed by atoms with Crippen LogP contribution in [-0.4, -0.2) is 15.2 Å². The molecular formula is C18H10F3N3O2S2. The van der Waals surface area contributed by atoms with Crippen molar-refractivity contribution in [2.24, 2.45) is 0 Å². The lowest BCUT2D eigenvalue weighted by atomic mass is 10.0. The van der Waals surface area contributed by atoms with Gasteiger partial charge in [0.2, 0.25) is 0 Å². The van der Waals surface area contributed by atoms with Crippen LogP contribution in [0.3, 0.4) is 0 Å². The van der Waals surface area contributed by atoms with E-state index in [1.54, 1.807) is 6.07 Å². The van der Waals surface area contributed by atoms with E-state index in [-0.39, 0.29) is 17.2 Å². The summed E-state index contributed by atoms with van der Waals surface area (Å²) in [6.07, 6.45) is -0.113. The van der Waals surface area contributed by atoms with E-state index in [9.17, 15) is 18.0 Å². The zero-order valence-electron chi connectivity index (χ0n) is 13.8. The number of carbonyl (C=O) groups is 1. The molecule has 0 spiro atoms. The standard InChI is InChI=1S/C18H10F3N3O2S2/c19-18(20,21)12-4-8(1-2-13(12)22)11-7-23-6-9-3-10(26-15(9)11)5-14-16(25)24-17(27)28-14/h1-7H,22H2,(H,24,25,27)/b14-5-. The van der Waals surface area contributed by atoms with Gasteiger partial charge in [0.05, 0.1) is 10.5 Å². The number of fused-ring (bicyclic) bond motifs is 1. The number of thiocarbonyl (C=S) groups is 1. The fourth-order valence-electron chi connectivity index (χ4n) is 2.78. The van der Waals surface area contributed by atoms with Crippen LogP contribution in [0.2, 0.25) is 0 Å². The van der Waals surface area contributed by atoms with Gasteiger partial charge in [0, 0.05) is 35.1 Å². The molecule has 1 saturated heterocycles. The molecule has 0 unspecified atom stereocenters. The van der Waals surface area contributed by atoms with Gasteiger partial charge in [-0.1, -0.05) is 30.0 Å². The Morgan fingerprint density at radius 2 is 2.04 bits per heavy atom. The van der Waals surface area contributed by atoms with Gasteiger partial charge >= 0.3 is 6.18 Å². The second-order valence-electron chi connectivity index (χ2n) is 5.91. The summed E-state index contributed by atoms with van der Waals surface area (Å²) in [6.45, 7) is 0. The minimum Gasteiger partial charge on any atom is -0.456 e. The highest BCUT2D eigenvalue weighted by atomic mass is 32.2. The van der Waals surface area contributed by atoms with Gasteiger partial charge in [-0.3, -0.25) is 9.78 Å². The topological polar surface area (TPSA) is 81.1 Å². The maximum absolute atomic E-state index is 13.2. The summed E-state index contributed by atoms with van der Waals surface area (Å²) in [6, 6.07) is 5.28. The maximum Gasteiger partial charge on any atom is 0.418 e. The number of aromatic nitrogens is 1. The van der Waals surface area contributed by atoms with Crippen LogP contribution in [-0.2, 0) is 11.0 Å². The predicted octanol–water partition coefficient (Wildman–Crippen LogP) is 4.58. The highest BCUT2D eigenvalue weighted by molar-refractivity contribution is 8.26. The summed E-state index contributed by atoms with van der Waals surface area (Å²) in [5, 5.41) is 3.08. The van der Waals surface area contributed by atoms with E-state index < -0.39 is 11.7 Å². The molecule has 28 heavy (non-hydrogen) atoms. The molecule has 1 aliphatic rings. The number of benzene rings is 1. The van der Waals surface area contributed by atoms with E-state index in [4.69, 9.17) is 22.4 Å². The number of halogens is 3. The molecule has 3 aromatic rings. The Hall–Kier alpha value is -2.85. The van der Waals surface area contributed by atoms with E-state index >= 15 is 0 Å². The summed E-state index contributed by atoms with van der Waals surface area (Å²) in [5.41, 5.74) is 5.18. The van der Waals surface area contributed by atoms with Gasteiger partial charge in [-0.25, -0.2) is 0 Å². The average Bonchev–Trinajstić information content (AvgIpc) is 3.16. The van der Waals surface area contributed by atoms with Crippen molar-refractivity contribution in [2.75, 3.05) is 5.73 Å². The number of alkyl halides is 3. The van der Waals surface area contributed by atoms with Crippen molar-refractivity contribution in [3.05, 3.63) is 52.9 Å². The number of anilines is 1. The van der Waals surface area contributed by atoms with E-state index in [0.717, 1.165) is 17.8 Å². The van der Waals surface area contributed by atoms with Crippen molar-refractivity contribution < 1.29 is 22.4 Å². The molecule has 0 saturated carbocycles. The number of nitrogens with two attached hydrogens (primary N) is 1. The first kappa shape index (κ1) is 18.5.